The molecule has 1 heterocycles. The van der Waals surface area contributed by atoms with Gasteiger partial charge in [-0.3, -0.25) is 0 Å². The Morgan fingerprint density at radius 2 is 1.74 bits per heavy atom. The first-order valence-electron chi connectivity index (χ1n) is 8.33. The fraction of sp³-hybridized carbons (Fsp3) is 0.158. The van der Waals surface area contributed by atoms with Gasteiger partial charge in [-0.2, -0.15) is 10.2 Å². The summed E-state index contributed by atoms with van der Waals surface area (Å²) in [5.74, 6) is -0.691. The van der Waals surface area contributed by atoms with Crippen molar-refractivity contribution in [3.63, 3.8) is 0 Å². The number of benzene rings is 2. The van der Waals surface area contributed by atoms with Gasteiger partial charge in [0.2, 0.25) is 0 Å². The van der Waals surface area contributed by atoms with Crippen LogP contribution in [-0.2, 0) is 13.0 Å². The second-order valence-corrected chi connectivity index (χ2v) is 5.83. The smallest absolute Gasteiger partial charge is 0.168 e. The Kier molecular flexibility index (Phi) is 5.65. The van der Waals surface area contributed by atoms with Gasteiger partial charge in [-0.05, 0) is 48.4 Å². The summed E-state index contributed by atoms with van der Waals surface area (Å²) >= 11 is 0. The molecule has 27 heavy (non-hydrogen) atoms. The Bertz CT molecular complexity index is 966. The number of aromatic nitrogens is 2. The van der Waals surface area contributed by atoms with Crippen LogP contribution in [0.3, 0.4) is 0 Å². The van der Waals surface area contributed by atoms with Crippen LogP contribution in [0.1, 0.15) is 5.56 Å². The van der Waals surface area contributed by atoms with E-state index in [9.17, 15) is 13.9 Å². The molecule has 3 N–H and O–H groups in total. The average molecular weight is 371 g/mol. The predicted octanol–water partition coefficient (Wildman–Crippen LogP) is 2.89. The third-order valence-electron chi connectivity index (χ3n) is 3.79. The first-order chi connectivity index (χ1) is 13.0. The zero-order valence-corrected chi connectivity index (χ0v) is 14.7. The molecular weight excluding hydrogens is 352 g/mol. The van der Waals surface area contributed by atoms with Gasteiger partial charge >= 0.3 is 0 Å². The van der Waals surface area contributed by atoms with Crippen LogP contribution >= 0.6 is 0 Å². The van der Waals surface area contributed by atoms with E-state index in [1.807, 2.05) is 12.1 Å². The normalized spacial score (nSPS) is 11.4. The van der Waals surface area contributed by atoms with Crippen molar-refractivity contribution in [3.05, 3.63) is 77.3 Å². The van der Waals surface area contributed by atoms with E-state index in [2.05, 4.69) is 20.9 Å². The van der Waals surface area contributed by atoms with Crippen molar-refractivity contribution >= 4 is 11.5 Å². The number of anilines is 2. The largest absolute Gasteiger partial charge is 0.508 e. The molecule has 8 heteroatoms. The van der Waals surface area contributed by atoms with E-state index < -0.39 is 11.6 Å². The summed E-state index contributed by atoms with van der Waals surface area (Å²) < 4.78 is 28.4. The minimum atomic E-state index is -0.667. The van der Waals surface area contributed by atoms with E-state index in [-0.39, 0.29) is 11.4 Å². The lowest BCUT2D eigenvalue weighted by Gasteiger charge is -2.11. The number of aromatic hydroxyl groups is 1. The molecule has 2 aromatic carbocycles. The second-order valence-electron chi connectivity index (χ2n) is 5.83. The van der Waals surface area contributed by atoms with Crippen LogP contribution in [0.5, 0.6) is 5.75 Å². The van der Waals surface area contributed by atoms with E-state index in [0.29, 0.717) is 24.3 Å². The van der Waals surface area contributed by atoms with Gasteiger partial charge in [-0.25, -0.2) is 13.5 Å². The molecule has 3 aromatic rings. The second kappa shape index (κ2) is 8.31. The summed E-state index contributed by atoms with van der Waals surface area (Å²) in [5.41, 5.74) is 4.63. The number of hydrogen-bond acceptors (Lipinski definition) is 5. The minimum Gasteiger partial charge on any atom is -0.508 e. The van der Waals surface area contributed by atoms with Crippen molar-refractivity contribution in [3.8, 4) is 5.75 Å². The first kappa shape index (κ1) is 18.4. The Balaban J connectivity index is 1.83. The highest BCUT2D eigenvalue weighted by Crippen LogP contribution is 2.17. The van der Waals surface area contributed by atoms with Crippen LogP contribution in [-0.4, -0.2) is 21.9 Å². The number of halogens is 2. The Labute approximate surface area is 154 Å². The molecule has 0 saturated heterocycles. The van der Waals surface area contributed by atoms with Crippen molar-refractivity contribution in [2.75, 3.05) is 12.4 Å². The van der Waals surface area contributed by atoms with Crippen molar-refractivity contribution in [2.45, 2.75) is 13.0 Å². The molecule has 0 aliphatic heterocycles. The van der Waals surface area contributed by atoms with E-state index in [1.165, 1.54) is 12.1 Å². The Morgan fingerprint density at radius 1 is 1.04 bits per heavy atom. The topological polar surface area (TPSA) is 74.5 Å². The number of nitrogens with zero attached hydrogens (tertiary/aromatic N) is 3. The van der Waals surface area contributed by atoms with Gasteiger partial charge < -0.3 is 15.8 Å². The van der Waals surface area contributed by atoms with Gasteiger partial charge in [0, 0.05) is 25.3 Å². The molecule has 6 nitrogen and oxygen atoms in total. The van der Waals surface area contributed by atoms with Crippen LogP contribution in [0.2, 0.25) is 0 Å². The summed E-state index contributed by atoms with van der Waals surface area (Å²) in [6, 6.07) is 13.5. The van der Waals surface area contributed by atoms with Crippen LogP contribution in [0.4, 0.5) is 20.3 Å². The maximum absolute atomic E-state index is 13.4. The number of rotatable bonds is 6. The highest BCUT2D eigenvalue weighted by Gasteiger charge is 2.05. The molecule has 3 rings (SSSR count). The summed E-state index contributed by atoms with van der Waals surface area (Å²) in [5, 5.41) is 20.9. The van der Waals surface area contributed by atoms with Gasteiger partial charge in [0.25, 0.3) is 0 Å². The molecule has 0 radical (unpaired) electrons. The van der Waals surface area contributed by atoms with Gasteiger partial charge in [0.1, 0.15) is 17.4 Å². The van der Waals surface area contributed by atoms with Crippen molar-refractivity contribution in [1.82, 2.24) is 15.2 Å². The maximum atomic E-state index is 13.4. The molecule has 0 fully saturated rings. The third-order valence-corrected chi connectivity index (χ3v) is 3.79. The van der Waals surface area contributed by atoms with Gasteiger partial charge in [0.05, 0.1) is 0 Å². The molecule has 1 aromatic heterocycles. The molecule has 0 aliphatic carbocycles. The molecule has 0 bridgehead atoms. The summed E-state index contributed by atoms with van der Waals surface area (Å²) in [4.78, 5) is 0. The number of nitrogens with one attached hydrogen (secondary N) is 2. The van der Waals surface area contributed by atoms with Gasteiger partial charge in [-0.15, -0.1) is 0 Å². The average Bonchev–Trinajstić information content (AvgIpc) is 2.62. The molecule has 0 amide bonds. The van der Waals surface area contributed by atoms with E-state index >= 15 is 0 Å². The highest BCUT2D eigenvalue weighted by atomic mass is 19.1. The number of phenolic OH excluding ortho intramolecular Hbond substituents is 1. The molecule has 0 aliphatic rings. The molecule has 0 saturated carbocycles. The highest BCUT2D eigenvalue weighted by molar-refractivity contribution is 5.55. The predicted molar refractivity (Wildman–Crippen MR) is 98.3 cm³/mol. The quantitative estimate of drug-likeness (QED) is 0.583. The summed E-state index contributed by atoms with van der Waals surface area (Å²) in [6.07, 6.45) is 0.669. The molecule has 0 unspecified atom stereocenters. The fourth-order valence-corrected chi connectivity index (χ4v) is 2.57. The van der Waals surface area contributed by atoms with Gasteiger partial charge in [-0.1, -0.05) is 12.1 Å². The first-order valence-corrected chi connectivity index (χ1v) is 8.33. The van der Waals surface area contributed by atoms with Crippen molar-refractivity contribution in [2.24, 2.45) is 5.10 Å². The third kappa shape index (κ3) is 5.04. The van der Waals surface area contributed by atoms with Crippen LogP contribution < -0.4 is 16.2 Å². The van der Waals surface area contributed by atoms with Crippen LogP contribution in [0.25, 0.3) is 0 Å². The van der Waals surface area contributed by atoms with Crippen molar-refractivity contribution in [1.29, 1.82) is 0 Å². The molecule has 0 atom stereocenters. The van der Waals surface area contributed by atoms with Crippen LogP contribution in [0, 0.1) is 11.6 Å². The van der Waals surface area contributed by atoms with Gasteiger partial charge in [0.15, 0.2) is 11.3 Å². The molecule has 140 valence electrons. The Hall–Kier alpha value is -3.42. The summed E-state index contributed by atoms with van der Waals surface area (Å²) in [7, 11) is 1.69. The maximum Gasteiger partial charge on any atom is 0.168 e. The molecule has 0 spiro atoms. The van der Waals surface area contributed by atoms with E-state index in [1.54, 1.807) is 36.0 Å². The lowest BCUT2D eigenvalue weighted by molar-refractivity contribution is 0.475. The fourth-order valence-electron chi connectivity index (χ4n) is 2.57. The van der Waals surface area contributed by atoms with E-state index in [0.717, 1.165) is 11.6 Å². The lowest BCUT2D eigenvalue weighted by Crippen LogP contribution is -2.27. The zero-order chi connectivity index (χ0) is 19.2. The van der Waals surface area contributed by atoms with Crippen LogP contribution in [0.15, 0.2) is 59.7 Å². The summed E-state index contributed by atoms with van der Waals surface area (Å²) in [6.45, 7) is 0.526. The number of phenols is 1. The lowest BCUT2D eigenvalue weighted by atomic mass is 10.1. The zero-order valence-electron chi connectivity index (χ0n) is 14.7. The standard InChI is InChI=1S/C19H19F2N5O/c1-22-24-19-7-6-18(23-16-11-14(20)10-15(21)12-16)25-26(19)9-8-13-2-4-17(27)5-3-13/h2-7,10-12,22,27H,8-9H2,1H3,(H,23,25)/b24-19-. The Morgan fingerprint density at radius 3 is 2.41 bits per heavy atom. The molecular formula is C19H19F2N5O. The van der Waals surface area contributed by atoms with Crippen molar-refractivity contribution < 1.29 is 13.9 Å². The SMILES string of the molecule is CN/N=c1/ccc(Nc2cc(F)cc(F)c2)nn1CCc1ccc(O)cc1. The number of aryl methyl sites for hydroxylation is 2. The monoisotopic (exact) mass is 371 g/mol. The number of hydrogen-bond donors (Lipinski definition) is 3. The van der Waals surface area contributed by atoms with E-state index in [4.69, 9.17) is 0 Å². The minimum absolute atomic E-state index is 0.212.